The number of hydrogen-bond donors (Lipinski definition) is 1. The number of anilines is 1. The predicted octanol–water partition coefficient (Wildman–Crippen LogP) is 1.80. The average molecular weight is 224 g/mol. The molecule has 0 fully saturated rings. The Morgan fingerprint density at radius 1 is 1.40 bits per heavy atom. The highest BCUT2D eigenvalue weighted by atomic mass is 32.1. The van der Waals surface area contributed by atoms with Gasteiger partial charge in [0.15, 0.2) is 11.0 Å². The van der Waals surface area contributed by atoms with Crippen LogP contribution in [0.1, 0.15) is 17.4 Å². The van der Waals surface area contributed by atoms with E-state index in [4.69, 9.17) is 4.52 Å². The molecule has 0 bridgehead atoms. The molecule has 1 N–H and O–H groups in total. The highest BCUT2D eigenvalue weighted by Gasteiger charge is 2.02. The van der Waals surface area contributed by atoms with Crippen LogP contribution in [0.15, 0.2) is 9.90 Å². The quantitative estimate of drug-likeness (QED) is 0.857. The summed E-state index contributed by atoms with van der Waals surface area (Å²) in [4.78, 5) is 8.40. The first-order valence-electron chi connectivity index (χ1n) is 4.69. The molecule has 0 saturated carbocycles. The Morgan fingerprint density at radius 3 is 2.87 bits per heavy atom. The topological polar surface area (TPSA) is 63.8 Å². The van der Waals surface area contributed by atoms with E-state index in [1.807, 2.05) is 12.3 Å². The lowest BCUT2D eigenvalue weighted by Crippen LogP contribution is -2.05. The molecule has 0 aliphatic heterocycles. The number of nitrogens with one attached hydrogen (secondary N) is 1. The molecule has 2 rings (SSSR count). The van der Waals surface area contributed by atoms with Gasteiger partial charge in [0.25, 0.3) is 0 Å². The van der Waals surface area contributed by atoms with Gasteiger partial charge in [-0.3, -0.25) is 0 Å². The number of aryl methyl sites for hydroxylation is 2. The van der Waals surface area contributed by atoms with Crippen molar-refractivity contribution in [2.45, 2.75) is 20.3 Å². The van der Waals surface area contributed by atoms with Crippen molar-refractivity contribution < 1.29 is 4.52 Å². The van der Waals surface area contributed by atoms with Gasteiger partial charge in [0, 0.05) is 25.3 Å². The summed E-state index contributed by atoms with van der Waals surface area (Å²) in [6.45, 7) is 4.53. The second-order valence-electron chi connectivity index (χ2n) is 3.20. The van der Waals surface area contributed by atoms with Crippen molar-refractivity contribution >= 4 is 16.5 Å². The van der Waals surface area contributed by atoms with Crippen LogP contribution in [0.2, 0.25) is 0 Å². The highest BCUT2D eigenvalue weighted by molar-refractivity contribution is 7.13. The Hall–Kier alpha value is -1.43. The maximum atomic E-state index is 4.87. The summed E-state index contributed by atoms with van der Waals surface area (Å²) in [5.41, 5.74) is 1.04. The third kappa shape index (κ3) is 2.76. The van der Waals surface area contributed by atoms with Gasteiger partial charge in [-0.05, 0) is 6.92 Å². The van der Waals surface area contributed by atoms with Crippen molar-refractivity contribution in [1.29, 1.82) is 0 Å². The van der Waals surface area contributed by atoms with Crippen LogP contribution in [-0.2, 0) is 6.42 Å². The van der Waals surface area contributed by atoms with Gasteiger partial charge in [0.2, 0.25) is 5.89 Å². The van der Waals surface area contributed by atoms with Crippen LogP contribution in [-0.4, -0.2) is 21.7 Å². The van der Waals surface area contributed by atoms with E-state index in [0.717, 1.165) is 29.6 Å². The van der Waals surface area contributed by atoms with Crippen LogP contribution < -0.4 is 5.32 Å². The van der Waals surface area contributed by atoms with Crippen molar-refractivity contribution in [1.82, 2.24) is 15.1 Å². The van der Waals surface area contributed by atoms with E-state index < -0.39 is 0 Å². The largest absolute Gasteiger partial charge is 0.361 e. The Bertz CT molecular complexity index is 397. The van der Waals surface area contributed by atoms with Crippen molar-refractivity contribution in [2.24, 2.45) is 0 Å². The van der Waals surface area contributed by atoms with Crippen molar-refractivity contribution in [3.8, 4) is 0 Å². The number of thiazole rings is 1. The summed E-state index contributed by atoms with van der Waals surface area (Å²) in [6.07, 6.45) is 0.746. The third-order valence-corrected chi connectivity index (χ3v) is 2.73. The third-order valence-electron chi connectivity index (χ3n) is 1.81. The van der Waals surface area contributed by atoms with Crippen LogP contribution in [0.3, 0.4) is 0 Å². The first-order chi connectivity index (χ1) is 7.24. The molecule has 6 heteroatoms. The zero-order chi connectivity index (χ0) is 10.7. The van der Waals surface area contributed by atoms with Gasteiger partial charge in [-0.25, -0.2) is 4.98 Å². The smallest absolute Gasteiger partial charge is 0.223 e. The van der Waals surface area contributed by atoms with Crippen molar-refractivity contribution in [2.75, 3.05) is 11.9 Å². The summed E-state index contributed by atoms with van der Waals surface area (Å²) in [5.74, 6) is 1.34. The first-order valence-corrected chi connectivity index (χ1v) is 5.57. The van der Waals surface area contributed by atoms with Crippen LogP contribution in [0.25, 0.3) is 0 Å². The highest BCUT2D eigenvalue weighted by Crippen LogP contribution is 2.13. The van der Waals surface area contributed by atoms with Gasteiger partial charge in [-0.1, -0.05) is 5.16 Å². The summed E-state index contributed by atoms with van der Waals surface area (Å²) >= 11 is 1.60. The minimum atomic E-state index is 0.607. The minimum Gasteiger partial charge on any atom is -0.361 e. The van der Waals surface area contributed by atoms with Crippen LogP contribution >= 0.6 is 11.3 Å². The SMILES string of the molecule is Cc1csc(NCCc2noc(C)n2)n1. The predicted molar refractivity (Wildman–Crippen MR) is 58.1 cm³/mol. The zero-order valence-electron chi connectivity index (χ0n) is 8.65. The van der Waals surface area contributed by atoms with Crippen LogP contribution in [0.5, 0.6) is 0 Å². The summed E-state index contributed by atoms with van der Waals surface area (Å²) < 4.78 is 4.87. The standard InChI is InChI=1S/C9H12N4OS/c1-6-5-15-9(11-6)10-4-3-8-12-7(2)14-13-8/h5H,3-4H2,1-2H3,(H,10,11). The first kappa shape index (κ1) is 10.1. The zero-order valence-corrected chi connectivity index (χ0v) is 9.47. The van der Waals surface area contributed by atoms with Crippen molar-refractivity contribution in [3.63, 3.8) is 0 Å². The number of hydrogen-bond acceptors (Lipinski definition) is 6. The monoisotopic (exact) mass is 224 g/mol. The lowest BCUT2D eigenvalue weighted by Gasteiger charge is -1.98. The summed E-state index contributed by atoms with van der Waals surface area (Å²) in [5, 5.41) is 9.97. The Morgan fingerprint density at radius 2 is 2.27 bits per heavy atom. The Balaban J connectivity index is 1.80. The Labute approximate surface area is 91.5 Å². The van der Waals surface area contributed by atoms with Gasteiger partial charge >= 0.3 is 0 Å². The molecular weight excluding hydrogens is 212 g/mol. The van der Waals surface area contributed by atoms with E-state index in [-0.39, 0.29) is 0 Å². The van der Waals surface area contributed by atoms with E-state index in [9.17, 15) is 0 Å². The molecule has 0 unspecified atom stereocenters. The van der Waals surface area contributed by atoms with Crippen molar-refractivity contribution in [3.05, 3.63) is 22.8 Å². The molecule has 0 spiro atoms. The fourth-order valence-corrected chi connectivity index (χ4v) is 1.88. The molecule has 80 valence electrons. The van der Waals surface area contributed by atoms with E-state index in [1.165, 1.54) is 0 Å². The maximum Gasteiger partial charge on any atom is 0.223 e. The van der Waals surface area contributed by atoms with Gasteiger partial charge in [0.1, 0.15) is 0 Å². The molecule has 0 aliphatic carbocycles. The fourth-order valence-electron chi connectivity index (χ4n) is 1.16. The minimum absolute atomic E-state index is 0.607. The van der Waals surface area contributed by atoms with Crippen LogP contribution in [0.4, 0.5) is 5.13 Å². The van der Waals surface area contributed by atoms with Gasteiger partial charge in [0.05, 0.1) is 5.69 Å². The molecular formula is C9H12N4OS. The van der Waals surface area contributed by atoms with Crippen LogP contribution in [0, 0.1) is 13.8 Å². The lowest BCUT2D eigenvalue weighted by atomic mass is 10.4. The van der Waals surface area contributed by atoms with E-state index >= 15 is 0 Å². The van der Waals surface area contributed by atoms with Gasteiger partial charge < -0.3 is 9.84 Å². The fraction of sp³-hybridized carbons (Fsp3) is 0.444. The summed E-state index contributed by atoms with van der Waals surface area (Å²) in [7, 11) is 0. The molecule has 2 aromatic rings. The second kappa shape index (κ2) is 4.39. The lowest BCUT2D eigenvalue weighted by molar-refractivity contribution is 0.387. The van der Waals surface area contributed by atoms with E-state index in [2.05, 4.69) is 20.4 Å². The maximum absolute atomic E-state index is 4.87. The van der Waals surface area contributed by atoms with Gasteiger partial charge in [-0.15, -0.1) is 11.3 Å². The number of rotatable bonds is 4. The van der Waals surface area contributed by atoms with Gasteiger partial charge in [-0.2, -0.15) is 4.98 Å². The summed E-state index contributed by atoms with van der Waals surface area (Å²) in [6, 6.07) is 0. The van der Waals surface area contributed by atoms with E-state index in [0.29, 0.717) is 5.89 Å². The molecule has 0 aliphatic rings. The molecule has 0 saturated heterocycles. The molecule has 0 atom stereocenters. The second-order valence-corrected chi connectivity index (χ2v) is 4.06. The molecule has 0 amide bonds. The number of aromatic nitrogens is 3. The molecule has 0 aromatic carbocycles. The molecule has 15 heavy (non-hydrogen) atoms. The Kier molecular flexibility index (Phi) is 2.96. The number of nitrogens with zero attached hydrogens (tertiary/aromatic N) is 3. The molecule has 2 heterocycles. The molecule has 0 radical (unpaired) electrons. The molecule has 2 aromatic heterocycles. The molecule has 5 nitrogen and oxygen atoms in total. The van der Waals surface area contributed by atoms with E-state index in [1.54, 1.807) is 18.3 Å². The normalized spacial score (nSPS) is 10.5. The average Bonchev–Trinajstić information content (AvgIpc) is 2.76.